The van der Waals surface area contributed by atoms with Crippen molar-refractivity contribution in [3.05, 3.63) is 94.0 Å². The molecule has 3 heterocycles. The highest BCUT2D eigenvalue weighted by atomic mass is 15.1. The van der Waals surface area contributed by atoms with E-state index in [1.165, 1.54) is 6.21 Å². The molecule has 33 heavy (non-hydrogen) atoms. The Morgan fingerprint density at radius 3 is 2.61 bits per heavy atom. The molecule has 0 atom stereocenters. The third-order valence-electron chi connectivity index (χ3n) is 5.12. The molecule has 0 amide bonds. The van der Waals surface area contributed by atoms with Crippen molar-refractivity contribution >= 4 is 24.0 Å². The highest BCUT2D eigenvalue weighted by Gasteiger charge is 2.18. The van der Waals surface area contributed by atoms with Gasteiger partial charge in [0.1, 0.15) is 11.7 Å². The molecule has 170 valence electrons. The van der Waals surface area contributed by atoms with Crippen molar-refractivity contribution in [1.29, 1.82) is 5.41 Å². The number of aliphatic imine (C=N–C) groups is 2. The summed E-state index contributed by atoms with van der Waals surface area (Å²) in [6.07, 6.45) is 14.2. The van der Waals surface area contributed by atoms with Gasteiger partial charge in [-0.25, -0.2) is 4.99 Å². The predicted octanol–water partition coefficient (Wildman–Crippen LogP) is 3.05. The number of nitrogens with zero attached hydrogens (tertiary/aromatic N) is 3. The van der Waals surface area contributed by atoms with Gasteiger partial charge in [-0.15, -0.1) is 0 Å². The number of fused-ring (bicyclic) bond motifs is 1. The average molecular weight is 443 g/mol. The van der Waals surface area contributed by atoms with Gasteiger partial charge in [0.25, 0.3) is 0 Å². The summed E-state index contributed by atoms with van der Waals surface area (Å²) < 4.78 is 0. The summed E-state index contributed by atoms with van der Waals surface area (Å²) in [5.74, 6) is 1.11. The molecule has 0 radical (unpaired) electrons. The van der Waals surface area contributed by atoms with E-state index in [1.807, 2.05) is 57.3 Å². The van der Waals surface area contributed by atoms with Crippen LogP contribution in [0.25, 0.3) is 5.70 Å². The predicted molar refractivity (Wildman–Crippen MR) is 136 cm³/mol. The van der Waals surface area contributed by atoms with Crippen LogP contribution in [0.2, 0.25) is 0 Å². The van der Waals surface area contributed by atoms with Crippen molar-refractivity contribution in [2.45, 2.75) is 20.8 Å². The SMILES string of the molecule is CN=CC(C1=CNC2=CC=C(N=C(N)C=C(C=N)C(C)C)NC2=C1)=C(N)c1ccc(C)nc1. The third-order valence-corrected chi connectivity index (χ3v) is 5.12. The third kappa shape index (κ3) is 5.74. The minimum Gasteiger partial charge on any atom is -0.398 e. The van der Waals surface area contributed by atoms with Crippen LogP contribution >= 0.6 is 0 Å². The van der Waals surface area contributed by atoms with Crippen LogP contribution in [0.5, 0.6) is 0 Å². The van der Waals surface area contributed by atoms with Gasteiger partial charge < -0.3 is 27.5 Å². The van der Waals surface area contributed by atoms with Gasteiger partial charge in [-0.3, -0.25) is 9.98 Å². The number of nitrogens with two attached hydrogens (primary N) is 2. The molecule has 0 aliphatic carbocycles. The molecule has 0 saturated carbocycles. The number of hydrogen-bond acceptors (Lipinski definition) is 7. The minimum absolute atomic E-state index is 0.189. The molecule has 0 saturated heterocycles. The molecule has 3 rings (SSSR count). The zero-order chi connectivity index (χ0) is 24.0. The summed E-state index contributed by atoms with van der Waals surface area (Å²) in [6.45, 7) is 5.95. The summed E-state index contributed by atoms with van der Waals surface area (Å²) in [7, 11) is 1.71. The van der Waals surface area contributed by atoms with Crippen molar-refractivity contribution in [2.24, 2.45) is 27.4 Å². The maximum atomic E-state index is 7.53. The highest BCUT2D eigenvalue weighted by Crippen LogP contribution is 2.26. The number of aryl methyl sites for hydroxylation is 1. The van der Waals surface area contributed by atoms with Crippen LogP contribution in [0.1, 0.15) is 25.1 Å². The van der Waals surface area contributed by atoms with E-state index in [0.717, 1.165) is 39.4 Å². The van der Waals surface area contributed by atoms with E-state index < -0.39 is 0 Å². The summed E-state index contributed by atoms with van der Waals surface area (Å²) in [5, 5.41) is 14.1. The van der Waals surface area contributed by atoms with E-state index in [0.29, 0.717) is 17.4 Å². The molecule has 0 unspecified atom stereocenters. The maximum Gasteiger partial charge on any atom is 0.132 e. The Kier molecular flexibility index (Phi) is 7.40. The lowest BCUT2D eigenvalue weighted by Gasteiger charge is -2.24. The molecular weight excluding hydrogens is 412 g/mol. The van der Waals surface area contributed by atoms with Crippen LogP contribution in [0, 0.1) is 18.3 Å². The molecule has 8 heteroatoms. The number of pyridine rings is 1. The van der Waals surface area contributed by atoms with Crippen molar-refractivity contribution in [2.75, 3.05) is 7.05 Å². The topological polar surface area (TPSA) is 138 Å². The number of allylic oxidation sites excluding steroid dienone is 6. The van der Waals surface area contributed by atoms with Gasteiger partial charge in [0.2, 0.25) is 0 Å². The second-order valence-electron chi connectivity index (χ2n) is 7.94. The first-order valence-electron chi connectivity index (χ1n) is 10.6. The van der Waals surface area contributed by atoms with Crippen molar-refractivity contribution in [1.82, 2.24) is 15.6 Å². The molecule has 7 N–H and O–H groups in total. The molecule has 0 aromatic carbocycles. The normalized spacial score (nSPS) is 17.2. The fraction of sp³-hybridized carbons (Fsp3) is 0.200. The Balaban J connectivity index is 1.90. The molecule has 8 nitrogen and oxygen atoms in total. The first-order valence-corrected chi connectivity index (χ1v) is 10.6. The molecule has 0 fully saturated rings. The first kappa shape index (κ1) is 23.5. The van der Waals surface area contributed by atoms with E-state index in [4.69, 9.17) is 16.9 Å². The van der Waals surface area contributed by atoms with Crippen molar-refractivity contribution < 1.29 is 0 Å². The van der Waals surface area contributed by atoms with E-state index in [2.05, 4.69) is 25.6 Å². The van der Waals surface area contributed by atoms with E-state index in [1.54, 1.807) is 25.5 Å². The van der Waals surface area contributed by atoms with E-state index in [9.17, 15) is 0 Å². The second kappa shape index (κ2) is 10.4. The maximum absolute atomic E-state index is 7.53. The lowest BCUT2D eigenvalue weighted by molar-refractivity contribution is 0.806. The number of hydrogen-bond donors (Lipinski definition) is 5. The Bertz CT molecular complexity index is 1170. The molecule has 2 aliphatic heterocycles. The van der Waals surface area contributed by atoms with E-state index >= 15 is 0 Å². The van der Waals surface area contributed by atoms with Crippen molar-refractivity contribution in [3.63, 3.8) is 0 Å². The molecule has 2 aliphatic rings. The number of aromatic nitrogens is 1. The Labute approximate surface area is 194 Å². The lowest BCUT2D eigenvalue weighted by Crippen LogP contribution is -2.27. The van der Waals surface area contributed by atoms with Gasteiger partial charge in [-0.1, -0.05) is 13.8 Å². The fourth-order valence-corrected chi connectivity index (χ4v) is 3.24. The summed E-state index contributed by atoms with van der Waals surface area (Å²) in [4.78, 5) is 13.0. The summed E-state index contributed by atoms with van der Waals surface area (Å²) in [5.41, 5.74) is 19.1. The van der Waals surface area contributed by atoms with Gasteiger partial charge in [-0.2, -0.15) is 0 Å². The molecule has 0 spiro atoms. The van der Waals surface area contributed by atoms with Gasteiger partial charge in [-0.05, 0) is 54.9 Å². The largest absolute Gasteiger partial charge is 0.398 e. The first-order chi connectivity index (χ1) is 15.8. The van der Waals surface area contributed by atoms with Crippen LogP contribution < -0.4 is 22.1 Å². The summed E-state index contributed by atoms with van der Waals surface area (Å²) in [6, 6.07) is 3.87. The molecule has 1 aromatic rings. The minimum atomic E-state index is 0.189. The van der Waals surface area contributed by atoms with E-state index in [-0.39, 0.29) is 5.92 Å². The molecule has 0 bridgehead atoms. The van der Waals surface area contributed by atoms with Crippen LogP contribution in [-0.2, 0) is 0 Å². The second-order valence-corrected chi connectivity index (χ2v) is 7.94. The molecular formula is C25H30N8. The highest BCUT2D eigenvalue weighted by molar-refractivity contribution is 5.98. The Morgan fingerprint density at radius 2 is 1.97 bits per heavy atom. The Hall–Kier alpha value is -4.20. The number of dihydropyridines is 2. The van der Waals surface area contributed by atoms with Crippen LogP contribution in [0.4, 0.5) is 0 Å². The molecule has 1 aromatic heterocycles. The number of amidine groups is 1. The van der Waals surface area contributed by atoms with Crippen LogP contribution in [0.15, 0.2) is 92.8 Å². The van der Waals surface area contributed by atoms with Gasteiger partial charge >= 0.3 is 0 Å². The number of nitrogens with one attached hydrogen (secondary N) is 3. The Morgan fingerprint density at radius 1 is 1.18 bits per heavy atom. The number of rotatable bonds is 7. The smallest absolute Gasteiger partial charge is 0.132 e. The van der Waals surface area contributed by atoms with Gasteiger partial charge in [0.05, 0.1) is 11.4 Å². The monoisotopic (exact) mass is 442 g/mol. The summed E-state index contributed by atoms with van der Waals surface area (Å²) >= 11 is 0. The van der Waals surface area contributed by atoms with Gasteiger partial charge in [0, 0.05) is 60.0 Å². The van der Waals surface area contributed by atoms with Crippen LogP contribution in [0.3, 0.4) is 0 Å². The standard InChI is InChI=1S/C25H30N8/c1-15(2)18(11-26)10-23(27)33-24-8-7-21-22(32-24)9-19(13-31-21)20(14-29-4)25(28)17-6-5-16(3)30-12-17/h5-15,26,31-32H,28H2,1-4H3,(H2,27,33). The fourth-order valence-electron chi connectivity index (χ4n) is 3.24. The average Bonchev–Trinajstić information content (AvgIpc) is 2.80. The van der Waals surface area contributed by atoms with Gasteiger partial charge in [0.15, 0.2) is 0 Å². The van der Waals surface area contributed by atoms with Crippen LogP contribution in [-0.4, -0.2) is 30.3 Å². The quantitative estimate of drug-likeness (QED) is 0.326. The lowest BCUT2D eigenvalue weighted by atomic mass is 9.98. The zero-order valence-corrected chi connectivity index (χ0v) is 19.3. The zero-order valence-electron chi connectivity index (χ0n) is 19.3. The van der Waals surface area contributed by atoms with Crippen molar-refractivity contribution in [3.8, 4) is 0 Å².